The molecule has 1 rings (SSSR count). The van der Waals surface area contributed by atoms with Crippen molar-refractivity contribution < 1.29 is 14.3 Å². The van der Waals surface area contributed by atoms with Crippen molar-refractivity contribution in [1.82, 2.24) is 5.32 Å². The van der Waals surface area contributed by atoms with Crippen molar-refractivity contribution in [3.8, 4) is 0 Å². The molecule has 0 spiro atoms. The summed E-state index contributed by atoms with van der Waals surface area (Å²) in [6.45, 7) is 2.27. The van der Waals surface area contributed by atoms with Gasteiger partial charge in [-0.1, -0.05) is 0 Å². The van der Waals surface area contributed by atoms with Gasteiger partial charge in [-0.15, -0.1) is 11.6 Å². The van der Waals surface area contributed by atoms with Crippen molar-refractivity contribution in [2.45, 2.75) is 31.2 Å². The molecule has 74 valence electrons. The first-order valence-corrected chi connectivity index (χ1v) is 4.68. The molecule has 4 nitrogen and oxygen atoms in total. The minimum Gasteiger partial charge on any atom is -0.391 e. The van der Waals surface area contributed by atoms with E-state index in [0.717, 1.165) is 19.4 Å². The quantitative estimate of drug-likeness (QED) is 0.404. The van der Waals surface area contributed by atoms with Crippen molar-refractivity contribution in [3.63, 3.8) is 0 Å². The van der Waals surface area contributed by atoms with Gasteiger partial charge in [0.05, 0.1) is 0 Å². The largest absolute Gasteiger partial charge is 0.391 e. The van der Waals surface area contributed by atoms with Crippen LogP contribution in [-0.2, 0) is 14.3 Å². The summed E-state index contributed by atoms with van der Waals surface area (Å²) in [7, 11) is 0. The summed E-state index contributed by atoms with van der Waals surface area (Å²) in [5, 5.41) is 2.16. The molecular weight excluding hydrogens is 194 g/mol. The molecule has 1 heterocycles. The lowest BCUT2D eigenvalue weighted by Crippen LogP contribution is -2.35. The lowest BCUT2D eigenvalue weighted by Gasteiger charge is -2.09. The normalized spacial score (nSPS) is 24.0. The zero-order chi connectivity index (χ0) is 9.84. The van der Waals surface area contributed by atoms with Crippen molar-refractivity contribution >= 4 is 23.5 Å². The first-order valence-electron chi connectivity index (χ1n) is 4.24. The molecule has 0 saturated carbocycles. The number of ether oxygens (including phenoxy) is 1. The van der Waals surface area contributed by atoms with Gasteiger partial charge < -0.3 is 10.1 Å². The molecule has 1 saturated heterocycles. The Hall–Kier alpha value is -0.610. The summed E-state index contributed by atoms with van der Waals surface area (Å²) in [5.74, 6) is -1.20. The number of nitrogens with one attached hydrogen (secondary N) is 1. The van der Waals surface area contributed by atoms with Crippen molar-refractivity contribution in [3.05, 3.63) is 0 Å². The van der Waals surface area contributed by atoms with Crippen LogP contribution in [0, 0.1) is 0 Å². The van der Waals surface area contributed by atoms with Gasteiger partial charge in [0, 0.05) is 0 Å². The first-order chi connectivity index (χ1) is 6.11. The van der Waals surface area contributed by atoms with Crippen LogP contribution in [0.4, 0.5) is 0 Å². The summed E-state index contributed by atoms with van der Waals surface area (Å²) < 4.78 is 4.52. The Bertz CT molecular complexity index is 211. The van der Waals surface area contributed by atoms with Gasteiger partial charge in [-0.3, -0.25) is 0 Å². The minimum absolute atomic E-state index is 0.334. The summed E-state index contributed by atoms with van der Waals surface area (Å²) in [6, 6.07) is -0.334. The van der Waals surface area contributed by atoms with E-state index in [2.05, 4.69) is 10.1 Å². The van der Waals surface area contributed by atoms with Gasteiger partial charge in [-0.05, 0) is 26.3 Å². The van der Waals surface area contributed by atoms with E-state index in [1.165, 1.54) is 6.92 Å². The Labute approximate surface area is 81.6 Å². The van der Waals surface area contributed by atoms with E-state index in [1.54, 1.807) is 0 Å². The third-order valence-corrected chi connectivity index (χ3v) is 2.05. The summed E-state index contributed by atoms with van der Waals surface area (Å²) in [5.41, 5.74) is 0. The van der Waals surface area contributed by atoms with Crippen LogP contribution in [0.2, 0.25) is 0 Å². The second-order valence-corrected chi connectivity index (χ2v) is 3.66. The molecule has 0 bridgehead atoms. The van der Waals surface area contributed by atoms with Gasteiger partial charge >= 0.3 is 11.9 Å². The van der Waals surface area contributed by atoms with Crippen molar-refractivity contribution in [2.75, 3.05) is 6.54 Å². The smallest absolute Gasteiger partial charge is 0.331 e. The zero-order valence-electron chi connectivity index (χ0n) is 7.38. The van der Waals surface area contributed by atoms with Crippen LogP contribution in [0.1, 0.15) is 19.8 Å². The lowest BCUT2D eigenvalue weighted by molar-refractivity contribution is -0.160. The van der Waals surface area contributed by atoms with Crippen LogP contribution in [0.3, 0.4) is 0 Å². The van der Waals surface area contributed by atoms with Gasteiger partial charge in [0.15, 0.2) is 0 Å². The van der Waals surface area contributed by atoms with Crippen molar-refractivity contribution in [1.29, 1.82) is 0 Å². The summed E-state index contributed by atoms with van der Waals surface area (Å²) in [4.78, 5) is 22.1. The maximum absolute atomic E-state index is 11.2. The molecule has 0 aromatic rings. The summed E-state index contributed by atoms with van der Waals surface area (Å²) in [6.07, 6.45) is 1.66. The predicted octanol–water partition coefficient (Wildman–Crippen LogP) is 0.436. The molecular formula is C8H12ClNO3. The van der Waals surface area contributed by atoms with Crippen LogP contribution in [-0.4, -0.2) is 29.9 Å². The van der Waals surface area contributed by atoms with Crippen LogP contribution in [0.15, 0.2) is 0 Å². The van der Waals surface area contributed by atoms with Gasteiger partial charge in [0.1, 0.15) is 11.4 Å². The molecule has 2 atom stereocenters. The number of carbonyl (C=O) groups is 2. The standard InChI is InChI=1S/C8H12ClNO3/c1-5(9)7(11)13-8(12)6-3-2-4-10-6/h5-6,10H,2-4H2,1H3/t5?,6-/m1/s1. The SMILES string of the molecule is CC(Cl)C(=O)OC(=O)[C@H]1CCCN1. The third-order valence-electron chi connectivity index (χ3n) is 1.87. The highest BCUT2D eigenvalue weighted by Crippen LogP contribution is 2.07. The number of rotatable bonds is 2. The third kappa shape index (κ3) is 2.97. The number of hydrogen-bond acceptors (Lipinski definition) is 4. The van der Waals surface area contributed by atoms with Crippen molar-refractivity contribution in [2.24, 2.45) is 0 Å². The Kier molecular flexibility index (Phi) is 3.69. The molecule has 0 aliphatic carbocycles. The Morgan fingerprint density at radius 1 is 1.62 bits per heavy atom. The fraction of sp³-hybridized carbons (Fsp3) is 0.750. The highest BCUT2D eigenvalue weighted by atomic mass is 35.5. The van der Waals surface area contributed by atoms with Crippen LogP contribution < -0.4 is 5.32 Å². The lowest BCUT2D eigenvalue weighted by atomic mass is 10.2. The van der Waals surface area contributed by atoms with E-state index < -0.39 is 17.3 Å². The van der Waals surface area contributed by atoms with Gasteiger partial charge in [-0.2, -0.15) is 0 Å². The van der Waals surface area contributed by atoms with E-state index >= 15 is 0 Å². The second-order valence-electron chi connectivity index (χ2n) is 3.01. The molecule has 1 aliphatic heterocycles. The maximum atomic E-state index is 11.2. The minimum atomic E-state index is -0.773. The molecule has 0 aromatic heterocycles. The monoisotopic (exact) mass is 205 g/mol. The Balaban J connectivity index is 2.36. The van der Waals surface area contributed by atoms with E-state index in [1.807, 2.05) is 0 Å². The first kappa shape index (κ1) is 10.5. The molecule has 0 aromatic carbocycles. The zero-order valence-corrected chi connectivity index (χ0v) is 8.13. The van der Waals surface area contributed by atoms with Gasteiger partial charge in [0.2, 0.25) is 0 Å². The molecule has 0 radical (unpaired) electrons. The van der Waals surface area contributed by atoms with E-state index in [-0.39, 0.29) is 6.04 Å². The number of halogens is 1. The number of carbonyl (C=O) groups excluding carboxylic acids is 2. The number of esters is 2. The molecule has 1 unspecified atom stereocenters. The highest BCUT2D eigenvalue weighted by Gasteiger charge is 2.26. The van der Waals surface area contributed by atoms with Gasteiger partial charge in [0.25, 0.3) is 0 Å². The van der Waals surface area contributed by atoms with Crippen LogP contribution >= 0.6 is 11.6 Å². The maximum Gasteiger partial charge on any atom is 0.331 e. The topological polar surface area (TPSA) is 55.4 Å². The average Bonchev–Trinajstić information content (AvgIpc) is 2.55. The fourth-order valence-corrected chi connectivity index (χ4v) is 1.18. The Morgan fingerprint density at radius 2 is 2.31 bits per heavy atom. The molecule has 1 fully saturated rings. The molecule has 0 amide bonds. The fourth-order valence-electron chi connectivity index (χ4n) is 1.14. The van der Waals surface area contributed by atoms with E-state index in [4.69, 9.17) is 11.6 Å². The highest BCUT2D eigenvalue weighted by molar-refractivity contribution is 6.30. The van der Waals surface area contributed by atoms with Crippen LogP contribution in [0.5, 0.6) is 0 Å². The van der Waals surface area contributed by atoms with Crippen LogP contribution in [0.25, 0.3) is 0 Å². The Morgan fingerprint density at radius 3 is 2.77 bits per heavy atom. The average molecular weight is 206 g/mol. The van der Waals surface area contributed by atoms with Gasteiger partial charge in [-0.25, -0.2) is 9.59 Å². The molecule has 13 heavy (non-hydrogen) atoms. The molecule has 5 heteroatoms. The number of hydrogen-bond donors (Lipinski definition) is 1. The molecule has 1 N–H and O–H groups in total. The van der Waals surface area contributed by atoms with E-state index in [9.17, 15) is 9.59 Å². The van der Waals surface area contributed by atoms with E-state index in [0.29, 0.717) is 0 Å². The number of alkyl halides is 1. The summed E-state index contributed by atoms with van der Waals surface area (Å²) >= 11 is 5.43. The predicted molar refractivity (Wildman–Crippen MR) is 47.4 cm³/mol. The molecule has 1 aliphatic rings. The second kappa shape index (κ2) is 4.58.